The minimum atomic E-state index is 0.452. The van der Waals surface area contributed by atoms with E-state index in [9.17, 15) is 0 Å². The van der Waals surface area contributed by atoms with Gasteiger partial charge in [0.2, 0.25) is 0 Å². The number of aromatic nitrogens is 1. The highest BCUT2D eigenvalue weighted by atomic mass is 14.7. The Morgan fingerprint density at radius 1 is 0.806 bits per heavy atom. The predicted molar refractivity (Wildman–Crippen MR) is 152 cm³/mol. The van der Waals surface area contributed by atoms with E-state index in [2.05, 4.69) is 81.6 Å². The van der Waals surface area contributed by atoms with Crippen molar-refractivity contribution in [3.05, 3.63) is 88.6 Å². The van der Waals surface area contributed by atoms with Crippen molar-refractivity contribution in [3.63, 3.8) is 0 Å². The molecule has 1 nitrogen and oxygen atoms in total. The first kappa shape index (κ1) is 22.3. The Bertz CT molecular complexity index is 1480. The summed E-state index contributed by atoms with van der Waals surface area (Å²) in [5.41, 5.74) is 13.2. The lowest BCUT2D eigenvalue weighted by Gasteiger charge is -2.22. The van der Waals surface area contributed by atoms with Gasteiger partial charge in [0.25, 0.3) is 0 Å². The van der Waals surface area contributed by atoms with Crippen molar-refractivity contribution < 1.29 is 0 Å². The zero-order chi connectivity index (χ0) is 24.4. The molecule has 2 saturated carbocycles. The molecule has 36 heavy (non-hydrogen) atoms. The van der Waals surface area contributed by atoms with Crippen LogP contribution in [0.3, 0.4) is 0 Å². The predicted octanol–water partition coefficient (Wildman–Crippen LogP) is 9.73. The summed E-state index contributed by atoms with van der Waals surface area (Å²) in [7, 11) is 0. The fourth-order valence-electron chi connectivity index (χ4n) is 7.67. The van der Waals surface area contributed by atoms with Crippen molar-refractivity contribution in [3.8, 4) is 22.4 Å². The first-order valence-corrected chi connectivity index (χ1v) is 14.1. The molecule has 7 rings (SSSR count). The van der Waals surface area contributed by atoms with Crippen LogP contribution in [0.1, 0.15) is 98.4 Å². The first-order chi connectivity index (χ1) is 17.5. The summed E-state index contributed by atoms with van der Waals surface area (Å²) in [6.45, 7) is 7.14. The van der Waals surface area contributed by atoms with Crippen LogP contribution in [0.4, 0.5) is 0 Å². The summed E-state index contributed by atoms with van der Waals surface area (Å²) in [5.74, 6) is 1.37. The van der Waals surface area contributed by atoms with Gasteiger partial charge in [-0.15, -0.1) is 0 Å². The summed E-state index contributed by atoms with van der Waals surface area (Å²) in [6, 6.07) is 21.2. The molecule has 0 spiro atoms. The SMILES string of the molecule is Cc1cc2c(c(-c3nccc4c(C5CCCC5)cc(C5CCC(C)(C)C5)cc34)c1)Cc1ccccc1-2. The fraction of sp³-hybridized carbons (Fsp3) is 0.400. The lowest BCUT2D eigenvalue weighted by atomic mass is 9.83. The summed E-state index contributed by atoms with van der Waals surface area (Å²) in [4.78, 5) is 5.12. The van der Waals surface area contributed by atoms with Crippen molar-refractivity contribution in [2.75, 3.05) is 0 Å². The van der Waals surface area contributed by atoms with Crippen molar-refractivity contribution in [2.24, 2.45) is 5.41 Å². The molecule has 0 N–H and O–H groups in total. The maximum absolute atomic E-state index is 5.12. The van der Waals surface area contributed by atoms with E-state index < -0.39 is 0 Å². The van der Waals surface area contributed by atoms with Gasteiger partial charge in [0, 0.05) is 17.1 Å². The molecule has 0 bridgehead atoms. The highest BCUT2D eigenvalue weighted by Crippen LogP contribution is 2.49. The second kappa shape index (κ2) is 8.30. The lowest BCUT2D eigenvalue weighted by Crippen LogP contribution is -2.05. The summed E-state index contributed by atoms with van der Waals surface area (Å²) >= 11 is 0. The van der Waals surface area contributed by atoms with Crippen molar-refractivity contribution in [1.29, 1.82) is 0 Å². The van der Waals surface area contributed by atoms with Crippen LogP contribution in [0.5, 0.6) is 0 Å². The largest absolute Gasteiger partial charge is 0.256 e. The lowest BCUT2D eigenvalue weighted by molar-refractivity contribution is 0.376. The molecule has 0 aliphatic heterocycles. The number of fused-ring (bicyclic) bond motifs is 4. The number of aryl methyl sites for hydroxylation is 1. The third-order valence-corrected chi connectivity index (χ3v) is 9.49. The van der Waals surface area contributed by atoms with E-state index >= 15 is 0 Å². The van der Waals surface area contributed by atoms with Gasteiger partial charge in [-0.3, -0.25) is 4.98 Å². The molecule has 1 heterocycles. The van der Waals surface area contributed by atoms with Gasteiger partial charge in [0.05, 0.1) is 5.69 Å². The van der Waals surface area contributed by atoms with Crippen LogP contribution in [0.2, 0.25) is 0 Å². The molecule has 1 aromatic heterocycles. The standard InChI is InChI=1S/C35H37N/c1-22-16-30-27-11-7-6-10-24(27)18-31(30)32(17-22)34-33-20-26(25-12-14-35(2,3)21-25)19-29(23-8-4-5-9-23)28(33)13-15-36-34/h6-7,10-11,13,15-17,19-20,23,25H,4-5,8-9,12,14,18,21H2,1-3H3. The average Bonchev–Trinajstić information content (AvgIpc) is 3.61. The van der Waals surface area contributed by atoms with Gasteiger partial charge >= 0.3 is 0 Å². The maximum Gasteiger partial charge on any atom is 0.0783 e. The molecule has 1 heteroatoms. The van der Waals surface area contributed by atoms with E-state index in [1.807, 2.05) is 0 Å². The Hall–Kier alpha value is -2.93. The first-order valence-electron chi connectivity index (χ1n) is 14.1. The highest BCUT2D eigenvalue weighted by molar-refractivity contribution is 5.99. The molecular weight excluding hydrogens is 434 g/mol. The van der Waals surface area contributed by atoms with Gasteiger partial charge < -0.3 is 0 Å². The minimum Gasteiger partial charge on any atom is -0.256 e. The van der Waals surface area contributed by atoms with E-state index in [0.29, 0.717) is 17.3 Å². The zero-order valence-corrected chi connectivity index (χ0v) is 22.0. The molecule has 1 unspecified atom stereocenters. The third kappa shape index (κ3) is 3.62. The summed E-state index contributed by atoms with van der Waals surface area (Å²) in [6.07, 6.45) is 12.4. The Balaban J connectivity index is 1.46. The van der Waals surface area contributed by atoms with Gasteiger partial charge in [-0.05, 0) is 125 Å². The Morgan fingerprint density at radius 2 is 1.61 bits per heavy atom. The monoisotopic (exact) mass is 471 g/mol. The van der Waals surface area contributed by atoms with E-state index in [0.717, 1.165) is 6.42 Å². The quantitative estimate of drug-likeness (QED) is 0.255. The second-order valence-electron chi connectivity index (χ2n) is 12.6. The normalized spacial score (nSPS) is 20.7. The Labute approximate surface area is 216 Å². The molecular formula is C35H37N. The van der Waals surface area contributed by atoms with Crippen LogP contribution in [0, 0.1) is 12.3 Å². The molecule has 0 amide bonds. The van der Waals surface area contributed by atoms with E-state index in [1.54, 1.807) is 11.1 Å². The highest BCUT2D eigenvalue weighted by Gasteiger charge is 2.33. The molecule has 2 fully saturated rings. The van der Waals surface area contributed by atoms with E-state index in [-0.39, 0.29) is 0 Å². The van der Waals surface area contributed by atoms with Crippen molar-refractivity contribution in [2.45, 2.75) is 84.0 Å². The Morgan fingerprint density at radius 3 is 2.42 bits per heavy atom. The van der Waals surface area contributed by atoms with Crippen LogP contribution < -0.4 is 0 Å². The number of hydrogen-bond donors (Lipinski definition) is 0. The molecule has 4 aromatic rings. The number of benzene rings is 3. The van der Waals surface area contributed by atoms with Crippen LogP contribution in [0.15, 0.2) is 60.8 Å². The molecule has 3 aliphatic carbocycles. The molecule has 182 valence electrons. The van der Waals surface area contributed by atoms with Crippen LogP contribution in [0.25, 0.3) is 33.2 Å². The number of pyridine rings is 1. The van der Waals surface area contributed by atoms with Gasteiger partial charge in [-0.2, -0.15) is 0 Å². The minimum absolute atomic E-state index is 0.452. The van der Waals surface area contributed by atoms with Crippen LogP contribution in [-0.2, 0) is 6.42 Å². The maximum atomic E-state index is 5.12. The molecule has 0 saturated heterocycles. The average molecular weight is 472 g/mol. The molecule has 0 radical (unpaired) electrons. The summed E-state index contributed by atoms with van der Waals surface area (Å²) in [5, 5.41) is 2.82. The smallest absolute Gasteiger partial charge is 0.0783 e. The summed E-state index contributed by atoms with van der Waals surface area (Å²) < 4.78 is 0. The van der Waals surface area contributed by atoms with Gasteiger partial charge in [-0.1, -0.05) is 63.1 Å². The van der Waals surface area contributed by atoms with E-state index in [1.165, 1.54) is 94.8 Å². The van der Waals surface area contributed by atoms with E-state index in [4.69, 9.17) is 4.98 Å². The number of rotatable bonds is 3. The van der Waals surface area contributed by atoms with Gasteiger partial charge in [0.1, 0.15) is 0 Å². The zero-order valence-electron chi connectivity index (χ0n) is 22.0. The van der Waals surface area contributed by atoms with Crippen LogP contribution >= 0.6 is 0 Å². The van der Waals surface area contributed by atoms with Crippen LogP contribution in [-0.4, -0.2) is 4.98 Å². The second-order valence-corrected chi connectivity index (χ2v) is 12.6. The third-order valence-electron chi connectivity index (χ3n) is 9.49. The topological polar surface area (TPSA) is 12.9 Å². The molecule has 1 atom stereocenters. The Kier molecular flexibility index (Phi) is 5.14. The van der Waals surface area contributed by atoms with Crippen molar-refractivity contribution >= 4 is 10.8 Å². The molecule has 3 aromatic carbocycles. The van der Waals surface area contributed by atoms with Gasteiger partial charge in [-0.25, -0.2) is 0 Å². The number of nitrogens with zero attached hydrogens (tertiary/aromatic N) is 1. The van der Waals surface area contributed by atoms with Crippen molar-refractivity contribution in [1.82, 2.24) is 4.98 Å². The number of hydrogen-bond acceptors (Lipinski definition) is 1. The molecule has 3 aliphatic rings. The fourth-order valence-corrected chi connectivity index (χ4v) is 7.67. The van der Waals surface area contributed by atoms with Gasteiger partial charge in [0.15, 0.2) is 0 Å².